The Morgan fingerprint density at radius 1 is 1.10 bits per heavy atom. The maximum Gasteiger partial charge on any atom is 0.319 e. The lowest BCUT2D eigenvalue weighted by Crippen LogP contribution is -2.46. The first-order valence-corrected chi connectivity index (χ1v) is 8.33. The zero-order chi connectivity index (χ0) is 15.0. The number of carbonyl (C=O) groups excluding carboxylic acids is 2. The molecule has 0 amide bonds. The summed E-state index contributed by atoms with van der Waals surface area (Å²) in [5.41, 5.74) is -0.851. The van der Waals surface area contributed by atoms with E-state index in [0.717, 1.165) is 44.9 Å². The van der Waals surface area contributed by atoms with Crippen LogP contribution < -0.4 is 0 Å². The molecule has 1 atom stereocenters. The molecule has 1 aliphatic rings. The van der Waals surface area contributed by atoms with Crippen LogP contribution in [0.3, 0.4) is 0 Å². The quantitative estimate of drug-likeness (QED) is 0.468. The molecule has 0 aromatic carbocycles. The van der Waals surface area contributed by atoms with Crippen LogP contribution in [-0.2, 0) is 14.3 Å². The molecule has 1 unspecified atom stereocenters. The minimum Gasteiger partial charge on any atom is -0.465 e. The van der Waals surface area contributed by atoms with Gasteiger partial charge >= 0.3 is 5.97 Å². The molecule has 20 heavy (non-hydrogen) atoms. The van der Waals surface area contributed by atoms with Crippen molar-refractivity contribution in [1.82, 2.24) is 0 Å². The summed E-state index contributed by atoms with van der Waals surface area (Å²) in [7, 11) is 0. The number of Topliss-reactive ketones (excluding diaryl/α,β-unsaturated/α-hetero) is 1. The summed E-state index contributed by atoms with van der Waals surface area (Å²) in [6.07, 6.45) is 8.15. The van der Waals surface area contributed by atoms with E-state index in [9.17, 15) is 9.59 Å². The first kappa shape index (κ1) is 17.2. The van der Waals surface area contributed by atoms with Crippen molar-refractivity contribution in [2.45, 2.75) is 78.6 Å². The molecule has 0 bridgehead atoms. The molecule has 0 saturated heterocycles. The maximum absolute atomic E-state index is 12.8. The van der Waals surface area contributed by atoms with E-state index in [1.54, 1.807) is 0 Å². The van der Waals surface area contributed by atoms with Crippen LogP contribution in [-0.4, -0.2) is 18.4 Å². The Hall–Kier alpha value is -0.860. The van der Waals surface area contributed by atoms with Crippen LogP contribution in [0.1, 0.15) is 78.6 Å². The third-order valence-electron chi connectivity index (χ3n) is 4.59. The molecule has 3 heteroatoms. The molecule has 1 rings (SSSR count). The second-order valence-corrected chi connectivity index (χ2v) is 5.95. The van der Waals surface area contributed by atoms with E-state index in [4.69, 9.17) is 4.74 Å². The van der Waals surface area contributed by atoms with Crippen molar-refractivity contribution in [2.24, 2.45) is 11.3 Å². The number of carbonyl (C=O) groups is 2. The molecule has 1 saturated carbocycles. The average Bonchev–Trinajstić information content (AvgIpc) is 2.96. The summed E-state index contributed by atoms with van der Waals surface area (Å²) in [4.78, 5) is 25.4. The second kappa shape index (κ2) is 8.43. The molecule has 116 valence electrons. The smallest absolute Gasteiger partial charge is 0.319 e. The van der Waals surface area contributed by atoms with Crippen molar-refractivity contribution in [1.29, 1.82) is 0 Å². The van der Waals surface area contributed by atoms with E-state index in [0.29, 0.717) is 19.4 Å². The van der Waals surface area contributed by atoms with Crippen LogP contribution in [0.5, 0.6) is 0 Å². The fourth-order valence-corrected chi connectivity index (χ4v) is 3.59. The van der Waals surface area contributed by atoms with Crippen molar-refractivity contribution in [2.75, 3.05) is 6.61 Å². The zero-order valence-corrected chi connectivity index (χ0v) is 13.4. The van der Waals surface area contributed by atoms with Gasteiger partial charge in [-0.3, -0.25) is 9.59 Å². The standard InChI is InChI=1S/C17H30O3/c1-4-7-12-15(18)17(13-5-2,16(19)20-6-3)14-10-8-9-11-14/h14H,4-13H2,1-3H3. The first-order valence-electron chi connectivity index (χ1n) is 8.33. The number of rotatable bonds is 9. The predicted molar refractivity (Wildman–Crippen MR) is 80.5 cm³/mol. The highest BCUT2D eigenvalue weighted by molar-refractivity contribution is 6.04. The van der Waals surface area contributed by atoms with Gasteiger partial charge in [-0.2, -0.15) is 0 Å². The lowest BCUT2D eigenvalue weighted by Gasteiger charge is -2.35. The van der Waals surface area contributed by atoms with Crippen LogP contribution in [0.15, 0.2) is 0 Å². The minimum absolute atomic E-state index is 0.131. The van der Waals surface area contributed by atoms with Gasteiger partial charge in [-0.15, -0.1) is 0 Å². The van der Waals surface area contributed by atoms with Crippen LogP contribution in [0, 0.1) is 11.3 Å². The maximum atomic E-state index is 12.8. The molecule has 0 aromatic heterocycles. The molecule has 3 nitrogen and oxygen atoms in total. The van der Waals surface area contributed by atoms with Crippen molar-refractivity contribution in [3.8, 4) is 0 Å². The number of esters is 1. The SMILES string of the molecule is CCCCC(=O)C(CCC)(C(=O)OCC)C1CCCC1. The molecule has 0 aliphatic heterocycles. The third kappa shape index (κ3) is 3.62. The lowest BCUT2D eigenvalue weighted by atomic mass is 9.67. The van der Waals surface area contributed by atoms with Gasteiger partial charge in [0, 0.05) is 6.42 Å². The molecule has 0 aromatic rings. The summed E-state index contributed by atoms with van der Waals surface area (Å²) < 4.78 is 5.31. The Morgan fingerprint density at radius 3 is 2.25 bits per heavy atom. The molecule has 1 aliphatic carbocycles. The Kier molecular flexibility index (Phi) is 7.25. The van der Waals surface area contributed by atoms with E-state index in [-0.39, 0.29) is 17.7 Å². The Bertz CT molecular complexity index is 318. The molecule has 0 radical (unpaired) electrons. The predicted octanol–water partition coefficient (Wildman–Crippen LogP) is 4.29. The van der Waals surface area contributed by atoms with E-state index in [2.05, 4.69) is 13.8 Å². The molecule has 0 spiro atoms. The minimum atomic E-state index is -0.851. The fourth-order valence-electron chi connectivity index (χ4n) is 3.59. The molecular formula is C17H30O3. The lowest BCUT2D eigenvalue weighted by molar-refractivity contribution is -0.165. The summed E-state index contributed by atoms with van der Waals surface area (Å²) >= 11 is 0. The zero-order valence-electron chi connectivity index (χ0n) is 13.4. The van der Waals surface area contributed by atoms with Gasteiger partial charge in [0.15, 0.2) is 0 Å². The van der Waals surface area contributed by atoms with Crippen molar-refractivity contribution < 1.29 is 14.3 Å². The number of unbranched alkanes of at least 4 members (excludes halogenated alkanes) is 1. The van der Waals surface area contributed by atoms with Crippen molar-refractivity contribution in [3.63, 3.8) is 0 Å². The van der Waals surface area contributed by atoms with Gasteiger partial charge in [0.1, 0.15) is 11.2 Å². The van der Waals surface area contributed by atoms with Crippen LogP contribution in [0.4, 0.5) is 0 Å². The summed E-state index contributed by atoms with van der Waals surface area (Å²) in [6, 6.07) is 0. The van der Waals surface area contributed by atoms with Gasteiger partial charge in [-0.25, -0.2) is 0 Å². The van der Waals surface area contributed by atoms with E-state index in [1.807, 2.05) is 6.92 Å². The number of ketones is 1. The number of ether oxygens (including phenoxy) is 1. The molecule has 0 N–H and O–H groups in total. The highest BCUT2D eigenvalue weighted by atomic mass is 16.5. The fraction of sp³-hybridized carbons (Fsp3) is 0.882. The normalized spacial score (nSPS) is 18.8. The summed E-state index contributed by atoms with van der Waals surface area (Å²) in [6.45, 7) is 6.31. The van der Waals surface area contributed by atoms with E-state index >= 15 is 0 Å². The number of hydrogen-bond donors (Lipinski definition) is 0. The van der Waals surface area contributed by atoms with E-state index < -0.39 is 5.41 Å². The van der Waals surface area contributed by atoms with Gasteiger partial charge in [0.25, 0.3) is 0 Å². The van der Waals surface area contributed by atoms with Gasteiger partial charge < -0.3 is 4.74 Å². The van der Waals surface area contributed by atoms with E-state index in [1.165, 1.54) is 0 Å². The monoisotopic (exact) mass is 282 g/mol. The van der Waals surface area contributed by atoms with Crippen LogP contribution >= 0.6 is 0 Å². The van der Waals surface area contributed by atoms with Crippen molar-refractivity contribution >= 4 is 11.8 Å². The Morgan fingerprint density at radius 2 is 1.75 bits per heavy atom. The Labute approximate surface area is 123 Å². The van der Waals surface area contributed by atoms with Crippen LogP contribution in [0.25, 0.3) is 0 Å². The van der Waals surface area contributed by atoms with Gasteiger partial charge in [-0.05, 0) is 38.5 Å². The number of hydrogen-bond acceptors (Lipinski definition) is 3. The largest absolute Gasteiger partial charge is 0.465 e. The van der Waals surface area contributed by atoms with Gasteiger partial charge in [0.2, 0.25) is 0 Å². The topological polar surface area (TPSA) is 43.4 Å². The second-order valence-electron chi connectivity index (χ2n) is 5.95. The Balaban J connectivity index is 3.03. The highest BCUT2D eigenvalue weighted by Crippen LogP contribution is 2.45. The third-order valence-corrected chi connectivity index (χ3v) is 4.59. The highest BCUT2D eigenvalue weighted by Gasteiger charge is 2.51. The summed E-state index contributed by atoms with van der Waals surface area (Å²) in [5, 5.41) is 0. The average molecular weight is 282 g/mol. The molecule has 1 fully saturated rings. The van der Waals surface area contributed by atoms with Gasteiger partial charge in [0.05, 0.1) is 6.61 Å². The van der Waals surface area contributed by atoms with Crippen LogP contribution in [0.2, 0.25) is 0 Å². The van der Waals surface area contributed by atoms with Crippen molar-refractivity contribution in [3.05, 3.63) is 0 Å². The summed E-state index contributed by atoms with van der Waals surface area (Å²) in [5.74, 6) is 0.0762. The molecular weight excluding hydrogens is 252 g/mol. The first-order chi connectivity index (χ1) is 9.63. The molecule has 0 heterocycles. The van der Waals surface area contributed by atoms with Gasteiger partial charge in [-0.1, -0.05) is 39.5 Å².